The van der Waals surface area contributed by atoms with E-state index in [-0.39, 0.29) is 5.91 Å². The van der Waals surface area contributed by atoms with Crippen LogP contribution in [0.4, 0.5) is 0 Å². The number of nitrogens with one attached hydrogen (secondary N) is 1. The van der Waals surface area contributed by atoms with Gasteiger partial charge in [-0.05, 0) is 29.2 Å². The van der Waals surface area contributed by atoms with E-state index in [0.717, 1.165) is 49.6 Å². The Balaban J connectivity index is 1.23. The Morgan fingerprint density at radius 1 is 0.781 bits per heavy atom. The first-order chi connectivity index (χ1) is 15.7. The van der Waals surface area contributed by atoms with Gasteiger partial charge in [-0.15, -0.1) is 0 Å². The number of hydrogen-bond acceptors (Lipinski definition) is 4. The van der Waals surface area contributed by atoms with Crippen LogP contribution in [0.1, 0.15) is 18.1 Å². The molecule has 1 saturated heterocycles. The quantitative estimate of drug-likeness (QED) is 0.459. The van der Waals surface area contributed by atoms with Gasteiger partial charge in [-0.2, -0.15) is 5.10 Å². The highest BCUT2D eigenvalue weighted by Crippen LogP contribution is 2.19. The lowest BCUT2D eigenvalue weighted by molar-refractivity contribution is -0.122. The van der Waals surface area contributed by atoms with Crippen molar-refractivity contribution in [2.24, 2.45) is 5.10 Å². The summed E-state index contributed by atoms with van der Waals surface area (Å²) in [6.45, 7) is 6.99. The van der Waals surface area contributed by atoms with Crippen molar-refractivity contribution in [1.29, 1.82) is 0 Å². The van der Waals surface area contributed by atoms with Crippen molar-refractivity contribution >= 4 is 11.6 Å². The number of benzene rings is 3. The molecular weight excluding hydrogens is 396 g/mol. The molecule has 5 nitrogen and oxygen atoms in total. The Labute approximate surface area is 190 Å². The van der Waals surface area contributed by atoms with Gasteiger partial charge in [0.25, 0.3) is 5.91 Å². The normalized spacial score (nSPS) is 15.5. The first kappa shape index (κ1) is 21.9. The third-order valence-corrected chi connectivity index (χ3v) is 5.84. The molecule has 1 heterocycles. The maximum Gasteiger partial charge on any atom is 0.254 e. The van der Waals surface area contributed by atoms with E-state index in [1.54, 1.807) is 0 Å². The summed E-state index contributed by atoms with van der Waals surface area (Å²) in [5.41, 5.74) is 8.20. The molecule has 1 aliphatic rings. The molecule has 0 radical (unpaired) electrons. The fourth-order valence-electron chi connectivity index (χ4n) is 3.93. The van der Waals surface area contributed by atoms with Gasteiger partial charge in [-0.25, -0.2) is 5.43 Å². The zero-order valence-electron chi connectivity index (χ0n) is 18.6. The smallest absolute Gasteiger partial charge is 0.254 e. The van der Waals surface area contributed by atoms with Crippen LogP contribution in [0.5, 0.6) is 0 Å². The molecule has 0 bridgehead atoms. The third kappa shape index (κ3) is 6.13. The van der Waals surface area contributed by atoms with Crippen molar-refractivity contribution < 1.29 is 4.79 Å². The maximum atomic E-state index is 12.4. The molecule has 3 aromatic carbocycles. The SMILES string of the molecule is C/C(=N/NC(=O)CN1CCN(Cc2ccccc2)CC1)c1ccc(-c2ccccc2)cc1. The molecule has 0 atom stereocenters. The third-order valence-electron chi connectivity index (χ3n) is 5.84. The van der Waals surface area contributed by atoms with Crippen molar-refractivity contribution in [2.75, 3.05) is 32.7 Å². The minimum atomic E-state index is -0.0678. The molecule has 0 saturated carbocycles. The van der Waals surface area contributed by atoms with Gasteiger partial charge < -0.3 is 0 Å². The van der Waals surface area contributed by atoms with E-state index in [9.17, 15) is 4.79 Å². The number of piperazine rings is 1. The van der Waals surface area contributed by atoms with E-state index in [4.69, 9.17) is 0 Å². The predicted molar refractivity (Wildman–Crippen MR) is 130 cm³/mol. The summed E-state index contributed by atoms with van der Waals surface area (Å²) in [5, 5.41) is 4.31. The number of rotatable bonds is 7. The van der Waals surface area contributed by atoms with Crippen LogP contribution in [0.2, 0.25) is 0 Å². The van der Waals surface area contributed by atoms with Crippen molar-refractivity contribution in [1.82, 2.24) is 15.2 Å². The molecule has 1 aliphatic heterocycles. The average molecular weight is 427 g/mol. The topological polar surface area (TPSA) is 47.9 Å². The highest BCUT2D eigenvalue weighted by molar-refractivity contribution is 5.99. The molecule has 0 aromatic heterocycles. The lowest BCUT2D eigenvalue weighted by Crippen LogP contribution is -2.48. The lowest BCUT2D eigenvalue weighted by Gasteiger charge is -2.34. The molecule has 0 spiro atoms. The molecule has 3 aromatic rings. The summed E-state index contributed by atoms with van der Waals surface area (Å²) in [7, 11) is 0. The van der Waals surface area contributed by atoms with Gasteiger partial charge in [0.2, 0.25) is 0 Å². The largest absolute Gasteiger partial charge is 0.297 e. The average Bonchev–Trinajstić information content (AvgIpc) is 2.85. The van der Waals surface area contributed by atoms with E-state index in [0.29, 0.717) is 6.54 Å². The van der Waals surface area contributed by atoms with E-state index in [2.05, 4.69) is 68.9 Å². The van der Waals surface area contributed by atoms with Crippen LogP contribution in [0.25, 0.3) is 11.1 Å². The standard InChI is InChI=1S/C27H30N4O/c1-22(24-12-14-26(15-13-24)25-10-6-3-7-11-25)28-29-27(32)21-31-18-16-30(17-19-31)20-23-8-4-2-5-9-23/h2-15H,16-21H2,1H3,(H,29,32)/b28-22-. The van der Waals surface area contributed by atoms with Crippen LogP contribution in [0, 0.1) is 0 Å². The minimum absolute atomic E-state index is 0.0678. The molecule has 1 fully saturated rings. The highest BCUT2D eigenvalue weighted by Gasteiger charge is 2.18. The zero-order valence-corrected chi connectivity index (χ0v) is 18.6. The lowest BCUT2D eigenvalue weighted by atomic mass is 10.0. The van der Waals surface area contributed by atoms with Gasteiger partial charge in [0.15, 0.2) is 0 Å². The van der Waals surface area contributed by atoms with E-state index >= 15 is 0 Å². The molecule has 32 heavy (non-hydrogen) atoms. The van der Waals surface area contributed by atoms with Crippen LogP contribution >= 0.6 is 0 Å². The highest BCUT2D eigenvalue weighted by atomic mass is 16.2. The van der Waals surface area contributed by atoms with Crippen molar-refractivity contribution in [3.8, 4) is 11.1 Å². The summed E-state index contributed by atoms with van der Waals surface area (Å²) in [6, 6.07) is 29.1. The summed E-state index contributed by atoms with van der Waals surface area (Å²) in [4.78, 5) is 17.0. The van der Waals surface area contributed by atoms with Crippen LogP contribution in [0.3, 0.4) is 0 Å². The summed E-state index contributed by atoms with van der Waals surface area (Å²) >= 11 is 0. The van der Waals surface area contributed by atoms with Crippen molar-refractivity contribution in [2.45, 2.75) is 13.5 Å². The van der Waals surface area contributed by atoms with Gasteiger partial charge >= 0.3 is 0 Å². The Kier molecular flexibility index (Phi) is 7.43. The Hall–Kier alpha value is -3.28. The van der Waals surface area contributed by atoms with Crippen LogP contribution < -0.4 is 5.43 Å². The maximum absolute atomic E-state index is 12.4. The van der Waals surface area contributed by atoms with Gasteiger partial charge in [-0.3, -0.25) is 14.6 Å². The van der Waals surface area contributed by atoms with Gasteiger partial charge in [-0.1, -0.05) is 84.9 Å². The molecule has 1 amide bonds. The second kappa shape index (κ2) is 10.8. The Bertz CT molecular complexity index is 1020. The first-order valence-electron chi connectivity index (χ1n) is 11.1. The predicted octanol–water partition coefficient (Wildman–Crippen LogP) is 4.01. The molecule has 0 unspecified atom stereocenters. The molecular formula is C27H30N4O. The number of hydrogen-bond donors (Lipinski definition) is 1. The monoisotopic (exact) mass is 426 g/mol. The molecule has 1 N–H and O–H groups in total. The van der Waals surface area contributed by atoms with Crippen LogP contribution in [-0.2, 0) is 11.3 Å². The van der Waals surface area contributed by atoms with Crippen molar-refractivity contribution in [3.05, 3.63) is 96.1 Å². The summed E-state index contributed by atoms with van der Waals surface area (Å²) in [6.07, 6.45) is 0. The zero-order chi connectivity index (χ0) is 22.2. The second-order valence-corrected chi connectivity index (χ2v) is 8.21. The Morgan fingerprint density at radius 3 is 2.00 bits per heavy atom. The van der Waals surface area contributed by atoms with Crippen molar-refractivity contribution in [3.63, 3.8) is 0 Å². The summed E-state index contributed by atoms with van der Waals surface area (Å²) < 4.78 is 0. The van der Waals surface area contributed by atoms with Crippen LogP contribution in [0.15, 0.2) is 90.0 Å². The van der Waals surface area contributed by atoms with Crippen LogP contribution in [-0.4, -0.2) is 54.1 Å². The number of hydrazone groups is 1. The molecule has 164 valence electrons. The van der Waals surface area contributed by atoms with Gasteiger partial charge in [0.05, 0.1) is 12.3 Å². The number of nitrogens with zero attached hydrogens (tertiary/aromatic N) is 3. The Morgan fingerprint density at radius 2 is 1.34 bits per heavy atom. The number of amides is 1. The number of carbonyl (C=O) groups excluding carboxylic acids is 1. The van der Waals surface area contributed by atoms with Gasteiger partial charge in [0, 0.05) is 32.7 Å². The van der Waals surface area contributed by atoms with E-state index < -0.39 is 0 Å². The molecule has 0 aliphatic carbocycles. The number of carbonyl (C=O) groups is 1. The van der Waals surface area contributed by atoms with E-state index in [1.807, 2.05) is 43.3 Å². The van der Waals surface area contributed by atoms with E-state index in [1.165, 1.54) is 11.1 Å². The summed E-state index contributed by atoms with van der Waals surface area (Å²) in [5.74, 6) is -0.0678. The first-order valence-corrected chi connectivity index (χ1v) is 11.1. The second-order valence-electron chi connectivity index (χ2n) is 8.21. The van der Waals surface area contributed by atoms with Gasteiger partial charge in [0.1, 0.15) is 0 Å². The fourth-order valence-corrected chi connectivity index (χ4v) is 3.93. The molecule has 5 heteroatoms. The fraction of sp³-hybridized carbons (Fsp3) is 0.259. The minimum Gasteiger partial charge on any atom is -0.297 e. The molecule has 4 rings (SSSR count).